The number of anilines is 1. The Morgan fingerprint density at radius 3 is 2.74 bits per heavy atom. The highest BCUT2D eigenvalue weighted by molar-refractivity contribution is 8.00. The van der Waals surface area contributed by atoms with E-state index in [1.54, 1.807) is 0 Å². The van der Waals surface area contributed by atoms with Gasteiger partial charge in [0, 0.05) is 46.9 Å². The number of thioether (sulfide) groups is 1. The molecule has 2 N–H and O–H groups in total. The maximum atomic E-state index is 12.9. The maximum Gasteiger partial charge on any atom is 0.313 e. The molecule has 7 heteroatoms. The van der Waals surface area contributed by atoms with Gasteiger partial charge < -0.3 is 15.3 Å². The molecular formula is C28H33N3O3S. The quantitative estimate of drug-likeness (QED) is 0.298. The van der Waals surface area contributed by atoms with E-state index in [1.807, 2.05) is 18.2 Å². The van der Waals surface area contributed by atoms with Crippen molar-refractivity contribution in [2.24, 2.45) is 0 Å². The van der Waals surface area contributed by atoms with Crippen LogP contribution in [0, 0.1) is 6.92 Å². The fourth-order valence-electron chi connectivity index (χ4n) is 4.69. The van der Waals surface area contributed by atoms with Crippen LogP contribution in [-0.2, 0) is 17.6 Å². The molecule has 6 nitrogen and oxygen atoms in total. The van der Waals surface area contributed by atoms with Crippen molar-refractivity contribution in [2.75, 3.05) is 30.3 Å². The molecule has 0 saturated carbocycles. The maximum absolute atomic E-state index is 12.9. The van der Waals surface area contributed by atoms with Crippen LogP contribution in [0.1, 0.15) is 53.4 Å². The number of rotatable bonds is 10. The molecule has 0 atom stereocenters. The van der Waals surface area contributed by atoms with E-state index in [4.69, 9.17) is 4.98 Å². The number of amides is 1. The standard InChI is InChI=1S/C28H33N3O3S/c1-3-31(21-9-6-8-19(2)16-21)15-7-14-29-28(34)20-12-13-23-25(17-20)30-24-11-5-4-10-22(24)27(23)35-18-26(32)33/h6,8-9,12-13,16-17H,3-5,7,10-11,14-15,18H2,1-2H3,(H,29,34)(H,32,33). The second-order valence-electron chi connectivity index (χ2n) is 9.02. The molecule has 0 radical (unpaired) electrons. The van der Waals surface area contributed by atoms with Crippen LogP contribution in [0.4, 0.5) is 5.69 Å². The monoisotopic (exact) mass is 491 g/mol. The lowest BCUT2D eigenvalue weighted by atomic mass is 9.94. The van der Waals surface area contributed by atoms with Gasteiger partial charge in [-0.15, -0.1) is 11.8 Å². The molecule has 4 rings (SSSR count). The van der Waals surface area contributed by atoms with Crippen molar-refractivity contribution in [1.82, 2.24) is 10.3 Å². The van der Waals surface area contributed by atoms with E-state index < -0.39 is 5.97 Å². The highest BCUT2D eigenvalue weighted by Crippen LogP contribution is 2.36. The van der Waals surface area contributed by atoms with Crippen LogP contribution in [0.2, 0.25) is 0 Å². The number of carbonyl (C=O) groups excluding carboxylic acids is 1. The number of benzene rings is 2. The lowest BCUT2D eigenvalue weighted by Crippen LogP contribution is -2.30. The number of hydrogen-bond acceptors (Lipinski definition) is 5. The molecule has 184 valence electrons. The van der Waals surface area contributed by atoms with Crippen molar-refractivity contribution in [3.8, 4) is 0 Å². The van der Waals surface area contributed by atoms with Crippen LogP contribution in [0.15, 0.2) is 47.4 Å². The number of aliphatic carboxylic acids is 1. The molecule has 0 spiro atoms. The minimum Gasteiger partial charge on any atom is -0.481 e. The minimum absolute atomic E-state index is 0.0190. The summed E-state index contributed by atoms with van der Waals surface area (Å²) >= 11 is 1.36. The summed E-state index contributed by atoms with van der Waals surface area (Å²) in [6.45, 7) is 6.62. The van der Waals surface area contributed by atoms with Crippen LogP contribution < -0.4 is 10.2 Å². The molecule has 1 heterocycles. The van der Waals surface area contributed by atoms with Gasteiger partial charge in [-0.2, -0.15) is 0 Å². The molecule has 0 aliphatic heterocycles. The van der Waals surface area contributed by atoms with Crippen LogP contribution >= 0.6 is 11.8 Å². The number of carbonyl (C=O) groups is 2. The SMILES string of the molecule is CCN(CCCNC(=O)c1ccc2c(SCC(=O)O)c3c(nc2c1)CCCC3)c1cccc(C)c1. The summed E-state index contributed by atoms with van der Waals surface area (Å²) in [7, 11) is 0. The molecule has 0 bridgehead atoms. The number of nitrogens with one attached hydrogen (secondary N) is 1. The number of aromatic nitrogens is 1. The molecule has 1 aliphatic carbocycles. The second kappa shape index (κ2) is 11.6. The van der Waals surface area contributed by atoms with E-state index in [1.165, 1.54) is 28.6 Å². The third-order valence-electron chi connectivity index (χ3n) is 6.45. The lowest BCUT2D eigenvalue weighted by Gasteiger charge is -2.23. The summed E-state index contributed by atoms with van der Waals surface area (Å²) in [5, 5.41) is 13.2. The van der Waals surface area contributed by atoms with E-state index in [-0.39, 0.29) is 11.7 Å². The van der Waals surface area contributed by atoms with Crippen molar-refractivity contribution in [3.05, 3.63) is 64.8 Å². The molecule has 0 fully saturated rings. The molecule has 1 amide bonds. The van der Waals surface area contributed by atoms with Gasteiger partial charge in [-0.3, -0.25) is 14.6 Å². The van der Waals surface area contributed by atoms with E-state index in [0.717, 1.165) is 66.7 Å². The predicted octanol–water partition coefficient (Wildman–Crippen LogP) is 5.25. The largest absolute Gasteiger partial charge is 0.481 e. The summed E-state index contributed by atoms with van der Waals surface area (Å²) in [5.41, 5.74) is 6.03. The predicted molar refractivity (Wildman–Crippen MR) is 143 cm³/mol. The second-order valence-corrected chi connectivity index (χ2v) is 10.0. The van der Waals surface area contributed by atoms with Gasteiger partial charge in [-0.25, -0.2) is 0 Å². The summed E-state index contributed by atoms with van der Waals surface area (Å²) < 4.78 is 0. The van der Waals surface area contributed by atoms with Gasteiger partial charge in [-0.1, -0.05) is 18.2 Å². The molecule has 3 aromatic rings. The van der Waals surface area contributed by atoms with Crippen molar-refractivity contribution < 1.29 is 14.7 Å². The van der Waals surface area contributed by atoms with Gasteiger partial charge in [0.15, 0.2) is 0 Å². The zero-order valence-corrected chi connectivity index (χ0v) is 21.3. The normalized spacial score (nSPS) is 12.9. The number of carboxylic acid groups (broad SMARTS) is 1. The average Bonchev–Trinajstić information content (AvgIpc) is 2.86. The molecule has 1 aliphatic rings. The Morgan fingerprint density at radius 2 is 1.97 bits per heavy atom. The van der Waals surface area contributed by atoms with Crippen molar-refractivity contribution >= 4 is 40.2 Å². The van der Waals surface area contributed by atoms with Crippen LogP contribution in [-0.4, -0.2) is 47.4 Å². The van der Waals surface area contributed by atoms with Crippen LogP contribution in [0.3, 0.4) is 0 Å². The van der Waals surface area contributed by atoms with Crippen molar-refractivity contribution in [2.45, 2.75) is 50.8 Å². The Balaban J connectivity index is 1.43. The average molecular weight is 492 g/mol. The van der Waals surface area contributed by atoms with Crippen LogP contribution in [0.5, 0.6) is 0 Å². The number of hydrogen-bond donors (Lipinski definition) is 2. The Bertz CT molecular complexity index is 1230. The van der Waals surface area contributed by atoms with Gasteiger partial charge in [0.1, 0.15) is 0 Å². The van der Waals surface area contributed by atoms with E-state index in [0.29, 0.717) is 12.1 Å². The fourth-order valence-corrected chi connectivity index (χ4v) is 5.68. The summed E-state index contributed by atoms with van der Waals surface area (Å²) in [4.78, 5) is 32.3. The van der Waals surface area contributed by atoms with E-state index in [9.17, 15) is 14.7 Å². The number of carboxylic acids is 1. The highest BCUT2D eigenvalue weighted by Gasteiger charge is 2.20. The Morgan fingerprint density at radius 1 is 1.14 bits per heavy atom. The van der Waals surface area contributed by atoms with Gasteiger partial charge >= 0.3 is 5.97 Å². The first-order valence-corrected chi connectivity index (χ1v) is 13.3. The first kappa shape index (κ1) is 25.0. The van der Waals surface area contributed by atoms with Gasteiger partial charge in [0.2, 0.25) is 0 Å². The van der Waals surface area contributed by atoms with Gasteiger partial charge in [0.05, 0.1) is 11.3 Å². The molecule has 0 unspecified atom stereocenters. The number of aryl methyl sites for hydroxylation is 2. The first-order chi connectivity index (χ1) is 17.0. The number of nitrogens with zero attached hydrogens (tertiary/aromatic N) is 2. The molecule has 2 aromatic carbocycles. The number of fused-ring (bicyclic) bond motifs is 2. The Labute approximate surface area is 211 Å². The van der Waals surface area contributed by atoms with Gasteiger partial charge in [-0.05, 0) is 81.3 Å². The number of pyridine rings is 1. The first-order valence-electron chi connectivity index (χ1n) is 12.4. The highest BCUT2D eigenvalue weighted by atomic mass is 32.2. The van der Waals surface area contributed by atoms with Crippen molar-refractivity contribution in [3.63, 3.8) is 0 Å². The van der Waals surface area contributed by atoms with Crippen LogP contribution in [0.25, 0.3) is 10.9 Å². The molecule has 0 saturated heterocycles. The van der Waals surface area contributed by atoms with Gasteiger partial charge in [0.25, 0.3) is 5.91 Å². The summed E-state index contributed by atoms with van der Waals surface area (Å²) in [5.74, 6) is -0.917. The van der Waals surface area contributed by atoms with E-state index in [2.05, 4.69) is 48.3 Å². The third kappa shape index (κ3) is 6.14. The fraction of sp³-hybridized carbons (Fsp3) is 0.393. The lowest BCUT2D eigenvalue weighted by molar-refractivity contribution is -0.133. The zero-order valence-electron chi connectivity index (χ0n) is 20.5. The van der Waals surface area contributed by atoms with Crippen molar-refractivity contribution in [1.29, 1.82) is 0 Å². The summed E-state index contributed by atoms with van der Waals surface area (Å²) in [6, 6.07) is 14.1. The molecular weight excluding hydrogens is 458 g/mol. The molecule has 1 aromatic heterocycles. The topological polar surface area (TPSA) is 82.5 Å². The zero-order chi connectivity index (χ0) is 24.8. The molecule has 35 heavy (non-hydrogen) atoms. The Hall–Kier alpha value is -3.06. The van der Waals surface area contributed by atoms with E-state index >= 15 is 0 Å². The Kier molecular flexibility index (Phi) is 8.29. The third-order valence-corrected chi connectivity index (χ3v) is 7.60. The summed E-state index contributed by atoms with van der Waals surface area (Å²) in [6.07, 6.45) is 4.87. The minimum atomic E-state index is -0.829. The smallest absolute Gasteiger partial charge is 0.313 e.